The molecule has 0 saturated heterocycles. The fourth-order valence-electron chi connectivity index (χ4n) is 1.92. The van der Waals surface area contributed by atoms with Gasteiger partial charge in [0.2, 0.25) is 0 Å². The lowest BCUT2D eigenvalue weighted by Gasteiger charge is -2.14. The fraction of sp³-hybridized carbons (Fsp3) is 0.200. The Kier molecular flexibility index (Phi) is 5.79. The van der Waals surface area contributed by atoms with Crippen molar-refractivity contribution in [2.75, 3.05) is 7.11 Å². The van der Waals surface area contributed by atoms with Crippen molar-refractivity contribution < 1.29 is 4.74 Å². The topological polar surface area (TPSA) is 9.23 Å². The van der Waals surface area contributed by atoms with Gasteiger partial charge >= 0.3 is 0 Å². The van der Waals surface area contributed by atoms with Crippen molar-refractivity contribution in [1.82, 2.24) is 0 Å². The minimum Gasteiger partial charge on any atom is -0.495 e. The Morgan fingerprint density at radius 3 is 2.55 bits per heavy atom. The van der Waals surface area contributed by atoms with Gasteiger partial charge in [-0.05, 0) is 35.7 Å². The first-order chi connectivity index (χ1) is 9.51. The number of hydrogen-bond donors (Lipinski definition) is 0. The van der Waals surface area contributed by atoms with Crippen molar-refractivity contribution >= 4 is 55.1 Å². The van der Waals surface area contributed by atoms with E-state index in [9.17, 15) is 0 Å². The van der Waals surface area contributed by atoms with Crippen LogP contribution in [0.5, 0.6) is 5.75 Å². The van der Waals surface area contributed by atoms with Gasteiger partial charge in [-0.2, -0.15) is 0 Å². The van der Waals surface area contributed by atoms with Crippen LogP contribution in [0, 0.1) is 0 Å². The molecule has 5 heteroatoms. The SMILES string of the molecule is COc1cc(Cl)c(C(Br)Cc2cccc(Br)c2)cc1Cl. The predicted molar refractivity (Wildman–Crippen MR) is 92.5 cm³/mol. The van der Waals surface area contributed by atoms with Crippen molar-refractivity contribution in [3.05, 3.63) is 62.0 Å². The number of rotatable bonds is 4. The smallest absolute Gasteiger partial charge is 0.138 e. The summed E-state index contributed by atoms with van der Waals surface area (Å²) in [7, 11) is 1.57. The van der Waals surface area contributed by atoms with Gasteiger partial charge in [0.05, 0.1) is 12.1 Å². The molecule has 0 aliphatic carbocycles. The highest BCUT2D eigenvalue weighted by Crippen LogP contribution is 2.38. The maximum Gasteiger partial charge on any atom is 0.138 e. The first-order valence-electron chi connectivity index (χ1n) is 5.92. The lowest BCUT2D eigenvalue weighted by molar-refractivity contribution is 0.415. The van der Waals surface area contributed by atoms with Crippen LogP contribution in [0.4, 0.5) is 0 Å². The van der Waals surface area contributed by atoms with E-state index in [0.29, 0.717) is 15.8 Å². The Balaban J connectivity index is 2.25. The third-order valence-corrected chi connectivity index (χ3v) is 4.85. The third-order valence-electron chi connectivity index (χ3n) is 2.91. The molecule has 0 fully saturated rings. The normalized spacial score (nSPS) is 12.2. The average molecular weight is 439 g/mol. The molecule has 1 unspecified atom stereocenters. The van der Waals surface area contributed by atoms with Gasteiger partial charge in [0.25, 0.3) is 0 Å². The van der Waals surface area contributed by atoms with Crippen molar-refractivity contribution in [2.45, 2.75) is 11.2 Å². The Bertz CT molecular complexity index is 617. The van der Waals surface area contributed by atoms with Gasteiger partial charge in [-0.25, -0.2) is 0 Å². The van der Waals surface area contributed by atoms with Crippen LogP contribution in [0.3, 0.4) is 0 Å². The molecule has 0 heterocycles. The molecule has 0 amide bonds. The van der Waals surface area contributed by atoms with Crippen molar-refractivity contribution in [3.8, 4) is 5.75 Å². The fourth-order valence-corrected chi connectivity index (χ4v) is 3.79. The highest BCUT2D eigenvalue weighted by Gasteiger charge is 2.15. The molecule has 0 N–H and O–H groups in total. The molecule has 2 aromatic rings. The molecular weight excluding hydrogens is 427 g/mol. The number of methoxy groups -OCH3 is 1. The van der Waals surface area contributed by atoms with E-state index < -0.39 is 0 Å². The molecule has 1 atom stereocenters. The van der Waals surface area contributed by atoms with Crippen LogP contribution >= 0.6 is 55.1 Å². The lowest BCUT2D eigenvalue weighted by atomic mass is 10.0. The summed E-state index contributed by atoms with van der Waals surface area (Å²) in [5, 5.41) is 1.20. The van der Waals surface area contributed by atoms with Crippen LogP contribution in [-0.2, 0) is 6.42 Å². The largest absolute Gasteiger partial charge is 0.495 e. The molecular formula is C15H12Br2Cl2O. The zero-order valence-electron chi connectivity index (χ0n) is 10.7. The number of ether oxygens (including phenoxy) is 1. The van der Waals surface area contributed by atoms with E-state index in [0.717, 1.165) is 16.5 Å². The first-order valence-corrected chi connectivity index (χ1v) is 8.39. The van der Waals surface area contributed by atoms with E-state index in [1.165, 1.54) is 5.56 Å². The predicted octanol–water partition coefficient (Wildman–Crippen LogP) is 6.44. The van der Waals surface area contributed by atoms with Gasteiger partial charge < -0.3 is 4.74 Å². The van der Waals surface area contributed by atoms with Gasteiger partial charge in [-0.1, -0.05) is 67.2 Å². The van der Waals surface area contributed by atoms with Gasteiger partial charge in [0.1, 0.15) is 5.75 Å². The van der Waals surface area contributed by atoms with Crippen molar-refractivity contribution in [1.29, 1.82) is 0 Å². The van der Waals surface area contributed by atoms with Gasteiger partial charge in [0, 0.05) is 20.4 Å². The average Bonchev–Trinajstić information content (AvgIpc) is 2.40. The maximum atomic E-state index is 6.29. The Morgan fingerprint density at radius 1 is 1.15 bits per heavy atom. The summed E-state index contributed by atoms with van der Waals surface area (Å²) in [6, 6.07) is 11.8. The van der Waals surface area contributed by atoms with E-state index in [-0.39, 0.29) is 4.83 Å². The number of hydrogen-bond acceptors (Lipinski definition) is 1. The zero-order valence-corrected chi connectivity index (χ0v) is 15.4. The quantitative estimate of drug-likeness (QED) is 0.499. The van der Waals surface area contributed by atoms with E-state index in [4.69, 9.17) is 27.9 Å². The molecule has 2 aromatic carbocycles. The molecule has 0 bridgehead atoms. The molecule has 0 aliphatic rings. The Hall–Kier alpha value is -0.220. The summed E-state index contributed by atoms with van der Waals surface area (Å²) < 4.78 is 6.22. The summed E-state index contributed by atoms with van der Waals surface area (Å²) in [6.45, 7) is 0. The highest BCUT2D eigenvalue weighted by molar-refractivity contribution is 9.10. The number of halogens is 4. The van der Waals surface area contributed by atoms with Crippen LogP contribution in [-0.4, -0.2) is 7.11 Å². The minimum absolute atomic E-state index is 0.0905. The Labute approximate surface area is 145 Å². The Morgan fingerprint density at radius 2 is 1.90 bits per heavy atom. The molecule has 20 heavy (non-hydrogen) atoms. The molecule has 106 valence electrons. The maximum absolute atomic E-state index is 6.29. The molecule has 0 aromatic heterocycles. The van der Waals surface area contributed by atoms with E-state index in [2.05, 4.69) is 44.0 Å². The van der Waals surface area contributed by atoms with Gasteiger partial charge in [0.15, 0.2) is 0 Å². The van der Waals surface area contributed by atoms with Crippen molar-refractivity contribution in [2.24, 2.45) is 0 Å². The molecule has 0 saturated carbocycles. The second-order valence-corrected chi connectivity index (χ2v) is 7.15. The molecule has 0 radical (unpaired) electrons. The minimum atomic E-state index is 0.0905. The molecule has 0 aliphatic heterocycles. The monoisotopic (exact) mass is 436 g/mol. The molecule has 2 rings (SSSR count). The van der Waals surface area contributed by atoms with E-state index >= 15 is 0 Å². The summed E-state index contributed by atoms with van der Waals surface area (Å²) >= 11 is 19.6. The van der Waals surface area contributed by atoms with Crippen LogP contribution in [0.15, 0.2) is 40.9 Å². The highest BCUT2D eigenvalue weighted by atomic mass is 79.9. The summed E-state index contributed by atoms with van der Waals surface area (Å²) in [5.41, 5.74) is 2.17. The summed E-state index contributed by atoms with van der Waals surface area (Å²) in [6.07, 6.45) is 0.821. The van der Waals surface area contributed by atoms with Crippen LogP contribution in [0.2, 0.25) is 10.0 Å². The van der Waals surface area contributed by atoms with Crippen LogP contribution in [0.25, 0.3) is 0 Å². The molecule has 1 nitrogen and oxygen atoms in total. The standard InChI is InChI=1S/C15H12Br2Cl2O/c1-20-15-8-13(18)11(7-14(15)19)12(17)6-9-3-2-4-10(16)5-9/h2-5,7-8,12H,6H2,1H3. The second kappa shape index (κ2) is 7.17. The van der Waals surface area contributed by atoms with Crippen molar-refractivity contribution in [3.63, 3.8) is 0 Å². The van der Waals surface area contributed by atoms with Gasteiger partial charge in [-0.15, -0.1) is 0 Å². The first kappa shape index (κ1) is 16.2. The van der Waals surface area contributed by atoms with E-state index in [1.54, 1.807) is 13.2 Å². The van der Waals surface area contributed by atoms with Crippen LogP contribution in [0.1, 0.15) is 16.0 Å². The van der Waals surface area contributed by atoms with Gasteiger partial charge in [-0.3, -0.25) is 0 Å². The lowest BCUT2D eigenvalue weighted by Crippen LogP contribution is -1.97. The summed E-state index contributed by atoms with van der Waals surface area (Å²) in [5.74, 6) is 0.586. The number of alkyl halides is 1. The number of benzene rings is 2. The zero-order chi connectivity index (χ0) is 14.7. The van der Waals surface area contributed by atoms with E-state index in [1.807, 2.05) is 18.2 Å². The summed E-state index contributed by atoms with van der Waals surface area (Å²) in [4.78, 5) is 0.0905. The third kappa shape index (κ3) is 3.91. The second-order valence-electron chi connectivity index (χ2n) is 4.31. The molecule has 0 spiro atoms. The van der Waals surface area contributed by atoms with Crippen LogP contribution < -0.4 is 4.74 Å².